The molecule has 27 heavy (non-hydrogen) atoms. The molecule has 0 saturated carbocycles. The number of phenols is 1. The zero-order chi connectivity index (χ0) is 18.8. The van der Waals surface area contributed by atoms with Gasteiger partial charge in [0.1, 0.15) is 5.65 Å². The molecule has 4 rings (SSSR count). The summed E-state index contributed by atoms with van der Waals surface area (Å²) < 4.78 is 5.17. The molecule has 1 amide bonds. The largest absolute Gasteiger partial charge is 0.504 e. The van der Waals surface area contributed by atoms with Gasteiger partial charge in [-0.2, -0.15) is 0 Å². The molecule has 7 nitrogen and oxygen atoms in total. The Balaban J connectivity index is 1.70. The summed E-state index contributed by atoms with van der Waals surface area (Å²) in [6.45, 7) is 0. The van der Waals surface area contributed by atoms with Crippen LogP contribution in [0.4, 0.5) is 5.69 Å². The highest BCUT2D eigenvalue weighted by molar-refractivity contribution is 6.08. The zero-order valence-corrected chi connectivity index (χ0v) is 14.4. The Morgan fingerprint density at radius 2 is 2.07 bits per heavy atom. The van der Waals surface area contributed by atoms with Crippen molar-refractivity contribution < 1.29 is 14.6 Å². The maximum absolute atomic E-state index is 12.4. The first-order valence-electron chi connectivity index (χ1n) is 8.21. The van der Waals surface area contributed by atoms with E-state index >= 15 is 0 Å². The lowest BCUT2D eigenvalue weighted by Gasteiger charge is -2.08. The quantitative estimate of drug-likeness (QED) is 0.516. The number of phenolic OH excluding ortho intramolecular Hbond substituents is 1. The molecule has 0 unspecified atom stereocenters. The van der Waals surface area contributed by atoms with E-state index in [1.165, 1.54) is 13.3 Å². The molecule has 0 spiro atoms. The van der Waals surface area contributed by atoms with Crippen LogP contribution in [0, 0.1) is 0 Å². The molecule has 0 aliphatic carbocycles. The fraction of sp³-hybridized carbons (Fsp3) is 0.0500. The summed E-state index contributed by atoms with van der Waals surface area (Å²) in [7, 11) is 1.50. The number of anilines is 1. The highest BCUT2D eigenvalue weighted by Gasteiger charge is 2.12. The van der Waals surface area contributed by atoms with Crippen LogP contribution in [0.5, 0.6) is 11.5 Å². The molecular weight excluding hydrogens is 344 g/mol. The van der Waals surface area contributed by atoms with Gasteiger partial charge in [0, 0.05) is 35.7 Å². The number of methoxy groups -OCH3 is 1. The number of aromatic hydroxyl groups is 1. The van der Waals surface area contributed by atoms with Gasteiger partial charge in [-0.25, -0.2) is 4.98 Å². The molecule has 0 saturated heterocycles. The summed E-state index contributed by atoms with van der Waals surface area (Å²) in [5, 5.41) is 13.4. The molecule has 0 atom stereocenters. The van der Waals surface area contributed by atoms with Crippen LogP contribution in [0.2, 0.25) is 0 Å². The van der Waals surface area contributed by atoms with Gasteiger partial charge in [0.2, 0.25) is 0 Å². The number of nitrogens with one attached hydrogen (secondary N) is 2. The van der Waals surface area contributed by atoms with Crippen molar-refractivity contribution in [1.29, 1.82) is 0 Å². The lowest BCUT2D eigenvalue weighted by atomic mass is 10.1. The van der Waals surface area contributed by atoms with Crippen LogP contribution in [-0.4, -0.2) is 33.1 Å². The third-order valence-electron chi connectivity index (χ3n) is 4.22. The fourth-order valence-corrected chi connectivity index (χ4v) is 2.81. The molecular formula is C20H16N4O3. The van der Waals surface area contributed by atoms with Gasteiger partial charge >= 0.3 is 0 Å². The molecule has 1 aromatic carbocycles. The van der Waals surface area contributed by atoms with Crippen molar-refractivity contribution >= 4 is 22.6 Å². The summed E-state index contributed by atoms with van der Waals surface area (Å²) >= 11 is 0. The van der Waals surface area contributed by atoms with Crippen molar-refractivity contribution in [2.75, 3.05) is 12.4 Å². The van der Waals surface area contributed by atoms with Gasteiger partial charge in [0.15, 0.2) is 11.5 Å². The fourth-order valence-electron chi connectivity index (χ4n) is 2.81. The lowest BCUT2D eigenvalue weighted by Crippen LogP contribution is -2.11. The molecule has 134 valence electrons. The number of aromatic nitrogens is 3. The number of pyridine rings is 2. The summed E-state index contributed by atoms with van der Waals surface area (Å²) in [6.07, 6.45) is 6.55. The standard InChI is InChI=1S/C20H16N4O3/c1-27-18-8-12(4-5-17(18)25)14-7-15-16(11-23-19(15)22-10-14)24-20(26)13-3-2-6-21-9-13/h2-11,25H,1H3,(H,22,23)(H,24,26). The summed E-state index contributed by atoms with van der Waals surface area (Å²) in [5.74, 6) is 0.203. The third kappa shape index (κ3) is 3.18. The second kappa shape index (κ2) is 6.80. The zero-order valence-electron chi connectivity index (χ0n) is 14.4. The number of H-pyrrole nitrogens is 1. The molecule has 0 aliphatic heterocycles. The van der Waals surface area contributed by atoms with Crippen LogP contribution in [0.1, 0.15) is 10.4 Å². The highest BCUT2D eigenvalue weighted by Crippen LogP contribution is 2.33. The van der Waals surface area contributed by atoms with E-state index < -0.39 is 0 Å². The van der Waals surface area contributed by atoms with Gasteiger partial charge in [-0.15, -0.1) is 0 Å². The molecule has 3 N–H and O–H groups in total. The van der Waals surface area contributed by atoms with Gasteiger partial charge in [-0.1, -0.05) is 6.07 Å². The van der Waals surface area contributed by atoms with E-state index in [0.717, 1.165) is 16.5 Å². The van der Waals surface area contributed by atoms with Crippen LogP contribution < -0.4 is 10.1 Å². The van der Waals surface area contributed by atoms with Gasteiger partial charge < -0.3 is 20.1 Å². The van der Waals surface area contributed by atoms with Crippen LogP contribution in [0.3, 0.4) is 0 Å². The number of aromatic amines is 1. The van der Waals surface area contributed by atoms with Crippen LogP contribution in [0.25, 0.3) is 22.2 Å². The Labute approximate surface area is 154 Å². The minimum atomic E-state index is -0.249. The van der Waals surface area contributed by atoms with Crippen molar-refractivity contribution in [3.8, 4) is 22.6 Å². The molecule has 4 aromatic rings. The summed E-state index contributed by atoms with van der Waals surface area (Å²) in [6, 6.07) is 10.4. The van der Waals surface area contributed by atoms with Crippen molar-refractivity contribution in [3.63, 3.8) is 0 Å². The predicted octanol–water partition coefficient (Wildman–Crippen LogP) is 3.59. The number of fused-ring (bicyclic) bond motifs is 1. The number of benzene rings is 1. The number of carbonyl (C=O) groups is 1. The van der Waals surface area contributed by atoms with E-state index in [9.17, 15) is 9.90 Å². The van der Waals surface area contributed by atoms with E-state index in [1.54, 1.807) is 48.9 Å². The molecule has 7 heteroatoms. The first-order valence-corrected chi connectivity index (χ1v) is 8.21. The Bertz CT molecular complexity index is 1120. The minimum Gasteiger partial charge on any atom is -0.504 e. The lowest BCUT2D eigenvalue weighted by molar-refractivity contribution is 0.102. The SMILES string of the molecule is COc1cc(-c2cnc3[nH]cc(NC(=O)c4cccnc4)c3c2)ccc1O. The maximum Gasteiger partial charge on any atom is 0.257 e. The summed E-state index contributed by atoms with van der Waals surface area (Å²) in [4.78, 5) is 23.8. The second-order valence-corrected chi connectivity index (χ2v) is 5.90. The highest BCUT2D eigenvalue weighted by atomic mass is 16.5. The third-order valence-corrected chi connectivity index (χ3v) is 4.22. The Kier molecular flexibility index (Phi) is 4.18. The van der Waals surface area contributed by atoms with Crippen molar-refractivity contribution in [3.05, 3.63) is 66.7 Å². The summed E-state index contributed by atoms with van der Waals surface area (Å²) in [5.41, 5.74) is 3.42. The molecule has 0 radical (unpaired) electrons. The number of amides is 1. The smallest absolute Gasteiger partial charge is 0.257 e. The van der Waals surface area contributed by atoms with Gasteiger partial charge in [-0.3, -0.25) is 9.78 Å². The average Bonchev–Trinajstić information content (AvgIpc) is 3.11. The second-order valence-electron chi connectivity index (χ2n) is 5.90. The molecule has 3 aromatic heterocycles. The topological polar surface area (TPSA) is 100 Å². The van der Waals surface area contributed by atoms with Gasteiger partial charge in [0.05, 0.1) is 18.4 Å². The van der Waals surface area contributed by atoms with Crippen LogP contribution in [0.15, 0.2) is 61.2 Å². The van der Waals surface area contributed by atoms with E-state index in [4.69, 9.17) is 4.74 Å². The van der Waals surface area contributed by atoms with Crippen molar-refractivity contribution in [1.82, 2.24) is 15.0 Å². The Morgan fingerprint density at radius 3 is 2.85 bits per heavy atom. The number of hydrogen-bond acceptors (Lipinski definition) is 5. The number of hydrogen-bond donors (Lipinski definition) is 3. The van der Waals surface area contributed by atoms with Crippen LogP contribution in [-0.2, 0) is 0 Å². The normalized spacial score (nSPS) is 10.7. The number of ether oxygens (including phenoxy) is 1. The number of nitrogens with zero attached hydrogens (tertiary/aromatic N) is 2. The van der Waals surface area contributed by atoms with Gasteiger partial charge in [-0.05, 0) is 35.9 Å². The van der Waals surface area contributed by atoms with E-state index in [2.05, 4.69) is 20.3 Å². The van der Waals surface area contributed by atoms with Crippen molar-refractivity contribution in [2.24, 2.45) is 0 Å². The number of carbonyl (C=O) groups excluding carboxylic acids is 1. The minimum absolute atomic E-state index is 0.0707. The predicted molar refractivity (Wildman–Crippen MR) is 102 cm³/mol. The monoisotopic (exact) mass is 360 g/mol. The molecule has 0 bridgehead atoms. The average molecular weight is 360 g/mol. The molecule has 3 heterocycles. The molecule has 0 aliphatic rings. The maximum atomic E-state index is 12.4. The van der Waals surface area contributed by atoms with Gasteiger partial charge in [0.25, 0.3) is 5.91 Å². The first kappa shape index (κ1) is 16.6. The van der Waals surface area contributed by atoms with Crippen molar-refractivity contribution in [2.45, 2.75) is 0 Å². The Hall–Kier alpha value is -3.87. The van der Waals surface area contributed by atoms with Crippen LogP contribution >= 0.6 is 0 Å². The van der Waals surface area contributed by atoms with E-state index in [1.807, 2.05) is 6.07 Å². The number of rotatable bonds is 4. The van der Waals surface area contributed by atoms with E-state index in [0.29, 0.717) is 22.6 Å². The first-order chi connectivity index (χ1) is 13.2. The van der Waals surface area contributed by atoms with E-state index in [-0.39, 0.29) is 11.7 Å². The molecule has 0 fully saturated rings. The Morgan fingerprint density at radius 1 is 1.19 bits per heavy atom.